The Kier molecular flexibility index (Phi) is 4.51. The van der Waals surface area contributed by atoms with Crippen molar-refractivity contribution in [2.45, 2.75) is 13.8 Å². The van der Waals surface area contributed by atoms with Crippen LogP contribution in [0.4, 0.5) is 0 Å². The van der Waals surface area contributed by atoms with Crippen LogP contribution in [0.15, 0.2) is 24.3 Å². The van der Waals surface area contributed by atoms with Crippen LogP contribution in [-0.4, -0.2) is 24.8 Å². The Morgan fingerprint density at radius 3 is 2.38 bits per heavy atom. The number of rotatable bonds is 5. The fraction of sp³-hybridized carbons (Fsp3) is 0.333. The molecule has 1 aromatic rings. The highest BCUT2D eigenvalue weighted by atomic mass is 16.5. The second-order valence-corrected chi connectivity index (χ2v) is 3.32. The molecule has 0 aliphatic carbocycles. The van der Waals surface area contributed by atoms with E-state index in [1.54, 1.807) is 24.3 Å². The van der Waals surface area contributed by atoms with Crippen LogP contribution in [0, 0.1) is 0 Å². The van der Waals surface area contributed by atoms with E-state index < -0.39 is 0 Å². The number of ether oxygens (including phenoxy) is 1. The maximum Gasteiger partial charge on any atom is 0.257 e. The van der Waals surface area contributed by atoms with Crippen LogP contribution >= 0.6 is 0 Å². The Hall–Kier alpha value is -1.84. The molecule has 0 aliphatic rings. The zero-order valence-electron chi connectivity index (χ0n) is 9.45. The van der Waals surface area contributed by atoms with Gasteiger partial charge in [-0.15, -0.1) is 0 Å². The van der Waals surface area contributed by atoms with Crippen molar-refractivity contribution in [1.82, 2.24) is 5.32 Å². The molecule has 0 aromatic heterocycles. The lowest BCUT2D eigenvalue weighted by Gasteiger charge is -2.06. The lowest BCUT2D eigenvalue weighted by Crippen LogP contribution is -2.28. The van der Waals surface area contributed by atoms with Crippen molar-refractivity contribution in [3.63, 3.8) is 0 Å². The third-order valence-corrected chi connectivity index (χ3v) is 2.00. The van der Waals surface area contributed by atoms with Crippen molar-refractivity contribution in [3.8, 4) is 5.75 Å². The minimum atomic E-state index is -0.154. The number of hydrogen-bond donors (Lipinski definition) is 1. The third kappa shape index (κ3) is 3.73. The first kappa shape index (κ1) is 12.2. The topological polar surface area (TPSA) is 55.4 Å². The SMILES string of the molecule is CCNC(=O)COc1ccc(C(C)=O)cc1. The van der Waals surface area contributed by atoms with Gasteiger partial charge in [-0.1, -0.05) is 0 Å². The number of Topliss-reactive ketones (excluding diaryl/α,β-unsaturated/α-hetero) is 1. The quantitative estimate of drug-likeness (QED) is 0.765. The Balaban J connectivity index is 2.49. The predicted molar refractivity (Wildman–Crippen MR) is 60.6 cm³/mol. The van der Waals surface area contributed by atoms with E-state index in [0.717, 1.165) is 0 Å². The van der Waals surface area contributed by atoms with Crippen LogP contribution < -0.4 is 10.1 Å². The Morgan fingerprint density at radius 2 is 1.88 bits per heavy atom. The summed E-state index contributed by atoms with van der Waals surface area (Å²) in [5.41, 5.74) is 0.630. The van der Waals surface area contributed by atoms with Crippen LogP contribution in [0.25, 0.3) is 0 Å². The van der Waals surface area contributed by atoms with Crippen LogP contribution in [0.2, 0.25) is 0 Å². The molecule has 16 heavy (non-hydrogen) atoms. The van der Waals surface area contributed by atoms with Gasteiger partial charge in [0, 0.05) is 12.1 Å². The molecule has 0 heterocycles. The molecule has 1 aromatic carbocycles. The van der Waals surface area contributed by atoms with Crippen molar-refractivity contribution in [2.75, 3.05) is 13.2 Å². The van der Waals surface area contributed by atoms with E-state index in [1.807, 2.05) is 6.92 Å². The van der Waals surface area contributed by atoms with Crippen molar-refractivity contribution in [3.05, 3.63) is 29.8 Å². The zero-order valence-corrected chi connectivity index (χ0v) is 9.45. The maximum absolute atomic E-state index is 11.1. The number of carbonyl (C=O) groups is 2. The number of hydrogen-bond acceptors (Lipinski definition) is 3. The normalized spacial score (nSPS) is 9.62. The molecule has 0 spiro atoms. The third-order valence-electron chi connectivity index (χ3n) is 2.00. The van der Waals surface area contributed by atoms with Crippen molar-refractivity contribution in [2.24, 2.45) is 0 Å². The number of amides is 1. The molecule has 1 N–H and O–H groups in total. The number of ketones is 1. The summed E-state index contributed by atoms with van der Waals surface area (Å²) in [6, 6.07) is 6.71. The number of nitrogens with one attached hydrogen (secondary N) is 1. The van der Waals surface area contributed by atoms with Crippen molar-refractivity contribution >= 4 is 11.7 Å². The first-order valence-electron chi connectivity index (χ1n) is 5.14. The Labute approximate surface area is 94.6 Å². The largest absolute Gasteiger partial charge is 0.484 e. The second-order valence-electron chi connectivity index (χ2n) is 3.32. The number of likely N-dealkylation sites (N-methyl/N-ethyl adjacent to an activating group) is 1. The molecule has 0 radical (unpaired) electrons. The molecule has 0 unspecified atom stereocenters. The van der Waals surface area contributed by atoms with Gasteiger partial charge in [-0.25, -0.2) is 0 Å². The van der Waals surface area contributed by atoms with E-state index in [-0.39, 0.29) is 18.3 Å². The second kappa shape index (κ2) is 5.90. The van der Waals surface area contributed by atoms with Gasteiger partial charge in [0.25, 0.3) is 5.91 Å². The molecular formula is C12H15NO3. The van der Waals surface area contributed by atoms with Crippen LogP contribution in [0.3, 0.4) is 0 Å². The van der Waals surface area contributed by atoms with Crippen LogP contribution in [-0.2, 0) is 4.79 Å². The summed E-state index contributed by atoms with van der Waals surface area (Å²) < 4.78 is 5.23. The van der Waals surface area contributed by atoms with E-state index in [2.05, 4.69) is 5.32 Å². The van der Waals surface area contributed by atoms with Crippen molar-refractivity contribution in [1.29, 1.82) is 0 Å². The lowest BCUT2D eigenvalue weighted by atomic mass is 10.1. The number of benzene rings is 1. The molecule has 0 aliphatic heterocycles. The van der Waals surface area contributed by atoms with Gasteiger partial charge in [0.1, 0.15) is 5.75 Å². The highest BCUT2D eigenvalue weighted by Gasteiger charge is 2.02. The van der Waals surface area contributed by atoms with Gasteiger partial charge >= 0.3 is 0 Å². The van der Waals surface area contributed by atoms with Crippen LogP contribution in [0.5, 0.6) is 5.75 Å². The molecule has 0 fully saturated rings. The average molecular weight is 221 g/mol. The molecule has 0 atom stereocenters. The van der Waals surface area contributed by atoms with Crippen molar-refractivity contribution < 1.29 is 14.3 Å². The molecule has 0 saturated heterocycles. The molecule has 0 saturated carbocycles. The molecular weight excluding hydrogens is 206 g/mol. The summed E-state index contributed by atoms with van der Waals surface area (Å²) in [6.07, 6.45) is 0. The summed E-state index contributed by atoms with van der Waals surface area (Å²) in [4.78, 5) is 22.1. The summed E-state index contributed by atoms with van der Waals surface area (Å²) in [5.74, 6) is 0.435. The van der Waals surface area contributed by atoms with E-state index in [0.29, 0.717) is 17.9 Å². The summed E-state index contributed by atoms with van der Waals surface area (Å²) >= 11 is 0. The first-order valence-corrected chi connectivity index (χ1v) is 5.14. The minimum Gasteiger partial charge on any atom is -0.484 e. The maximum atomic E-state index is 11.1. The van der Waals surface area contributed by atoms with Gasteiger partial charge in [0.2, 0.25) is 0 Å². The molecule has 4 nitrogen and oxygen atoms in total. The first-order chi connectivity index (χ1) is 7.63. The van der Waals surface area contributed by atoms with Gasteiger partial charge in [-0.2, -0.15) is 0 Å². The van der Waals surface area contributed by atoms with Gasteiger partial charge in [0.15, 0.2) is 12.4 Å². The van der Waals surface area contributed by atoms with E-state index in [9.17, 15) is 9.59 Å². The monoisotopic (exact) mass is 221 g/mol. The molecule has 1 rings (SSSR count). The van der Waals surface area contributed by atoms with Gasteiger partial charge in [0.05, 0.1) is 0 Å². The Morgan fingerprint density at radius 1 is 1.25 bits per heavy atom. The van der Waals surface area contributed by atoms with E-state index in [1.165, 1.54) is 6.92 Å². The van der Waals surface area contributed by atoms with Gasteiger partial charge < -0.3 is 10.1 Å². The molecule has 86 valence electrons. The molecule has 1 amide bonds. The number of carbonyl (C=O) groups excluding carboxylic acids is 2. The fourth-order valence-corrected chi connectivity index (χ4v) is 1.18. The Bertz CT molecular complexity index is 370. The van der Waals surface area contributed by atoms with E-state index >= 15 is 0 Å². The summed E-state index contributed by atoms with van der Waals surface area (Å²) in [5, 5.41) is 2.63. The summed E-state index contributed by atoms with van der Waals surface area (Å²) in [7, 11) is 0. The minimum absolute atomic E-state index is 0.00669. The van der Waals surface area contributed by atoms with Crippen LogP contribution in [0.1, 0.15) is 24.2 Å². The highest BCUT2D eigenvalue weighted by molar-refractivity contribution is 5.94. The highest BCUT2D eigenvalue weighted by Crippen LogP contribution is 2.12. The van der Waals surface area contributed by atoms with E-state index in [4.69, 9.17) is 4.74 Å². The molecule has 0 bridgehead atoms. The van der Waals surface area contributed by atoms with Gasteiger partial charge in [-0.3, -0.25) is 9.59 Å². The molecule has 4 heteroatoms. The predicted octanol–water partition coefficient (Wildman–Crippen LogP) is 1.40. The lowest BCUT2D eigenvalue weighted by molar-refractivity contribution is -0.122. The van der Waals surface area contributed by atoms with Gasteiger partial charge in [-0.05, 0) is 38.1 Å². The average Bonchev–Trinajstić information content (AvgIpc) is 2.27. The zero-order chi connectivity index (χ0) is 12.0. The standard InChI is InChI=1S/C12H15NO3/c1-3-13-12(15)8-16-11-6-4-10(5-7-11)9(2)14/h4-7H,3,8H2,1-2H3,(H,13,15). The fourth-order valence-electron chi connectivity index (χ4n) is 1.18. The summed E-state index contributed by atoms with van der Waals surface area (Å²) in [6.45, 7) is 3.93. The smallest absolute Gasteiger partial charge is 0.257 e.